The maximum absolute atomic E-state index is 5.98. The molecule has 3 heteroatoms. The van der Waals surface area contributed by atoms with Crippen LogP contribution in [0.25, 0.3) is 6.08 Å². The fourth-order valence-electron chi connectivity index (χ4n) is 2.84. The van der Waals surface area contributed by atoms with E-state index in [0.717, 1.165) is 50.2 Å². The summed E-state index contributed by atoms with van der Waals surface area (Å²) in [5, 5.41) is 3.54. The molecule has 0 unspecified atom stereocenters. The Bertz CT molecular complexity index is 585. The molecule has 0 radical (unpaired) electrons. The number of benzene rings is 1. The van der Waals surface area contributed by atoms with Gasteiger partial charge in [-0.3, -0.25) is 4.99 Å². The van der Waals surface area contributed by atoms with Gasteiger partial charge < -0.3 is 11.1 Å². The average Bonchev–Trinajstić information content (AvgIpc) is 2.63. The fourth-order valence-corrected chi connectivity index (χ4v) is 2.84. The van der Waals surface area contributed by atoms with Crippen LogP contribution in [0.2, 0.25) is 0 Å². The normalized spacial score (nSPS) is 12.4. The standard InChI is InChI=1S/C22H35N3/c1-5-20-12-11-19(17-21(20)6-2)13-15-25-14-9-7-8-10-22(23)16-18(3)24-4/h5,11-12,16-17,25H,1,6-10,13-15,23H2,2-4H3. The van der Waals surface area contributed by atoms with Crippen LogP contribution in [-0.2, 0) is 12.8 Å². The van der Waals surface area contributed by atoms with E-state index in [-0.39, 0.29) is 0 Å². The fraction of sp³-hybridized carbons (Fsp3) is 0.500. The van der Waals surface area contributed by atoms with Gasteiger partial charge in [-0.2, -0.15) is 0 Å². The van der Waals surface area contributed by atoms with Crippen LogP contribution in [0.5, 0.6) is 0 Å². The maximum atomic E-state index is 5.98. The summed E-state index contributed by atoms with van der Waals surface area (Å²) in [4.78, 5) is 4.10. The lowest BCUT2D eigenvalue weighted by atomic mass is 10.0. The van der Waals surface area contributed by atoms with Crippen molar-refractivity contribution in [1.29, 1.82) is 0 Å². The van der Waals surface area contributed by atoms with E-state index < -0.39 is 0 Å². The summed E-state index contributed by atoms with van der Waals surface area (Å²) in [5.41, 5.74) is 12.0. The third-order valence-electron chi connectivity index (χ3n) is 4.46. The van der Waals surface area contributed by atoms with E-state index >= 15 is 0 Å². The van der Waals surface area contributed by atoms with Crippen LogP contribution in [0.15, 0.2) is 41.5 Å². The monoisotopic (exact) mass is 341 g/mol. The Balaban J connectivity index is 2.15. The van der Waals surface area contributed by atoms with E-state index in [1.165, 1.54) is 29.5 Å². The summed E-state index contributed by atoms with van der Waals surface area (Å²) in [6.45, 7) is 10.2. The molecular formula is C22H35N3. The zero-order chi connectivity index (χ0) is 18.5. The van der Waals surface area contributed by atoms with Gasteiger partial charge in [-0.05, 0) is 74.9 Å². The molecular weight excluding hydrogens is 306 g/mol. The second-order valence-electron chi connectivity index (χ2n) is 6.49. The summed E-state index contributed by atoms with van der Waals surface area (Å²) in [5.74, 6) is 0. The first-order chi connectivity index (χ1) is 12.1. The average molecular weight is 342 g/mol. The van der Waals surface area contributed by atoms with E-state index in [0.29, 0.717) is 0 Å². The van der Waals surface area contributed by atoms with Crippen molar-refractivity contribution in [3.8, 4) is 0 Å². The number of nitrogens with two attached hydrogens (primary N) is 1. The van der Waals surface area contributed by atoms with Crippen LogP contribution in [0.3, 0.4) is 0 Å². The highest BCUT2D eigenvalue weighted by atomic mass is 14.8. The first-order valence-corrected chi connectivity index (χ1v) is 9.45. The second kappa shape index (κ2) is 12.5. The highest BCUT2D eigenvalue weighted by Crippen LogP contribution is 2.14. The van der Waals surface area contributed by atoms with Crippen molar-refractivity contribution >= 4 is 11.8 Å². The number of nitrogens with one attached hydrogen (secondary N) is 1. The third kappa shape index (κ3) is 8.69. The van der Waals surface area contributed by atoms with Crippen molar-refractivity contribution in [3.63, 3.8) is 0 Å². The zero-order valence-electron chi connectivity index (χ0n) is 16.3. The lowest BCUT2D eigenvalue weighted by molar-refractivity contribution is 0.601. The number of unbranched alkanes of at least 4 members (excludes halogenated alkanes) is 2. The van der Waals surface area contributed by atoms with Gasteiger partial charge in [0.25, 0.3) is 0 Å². The molecule has 3 N–H and O–H groups in total. The third-order valence-corrected chi connectivity index (χ3v) is 4.46. The largest absolute Gasteiger partial charge is 0.402 e. The Morgan fingerprint density at radius 2 is 2.04 bits per heavy atom. The van der Waals surface area contributed by atoms with Gasteiger partial charge in [-0.15, -0.1) is 0 Å². The molecule has 0 heterocycles. The predicted octanol–water partition coefficient (Wildman–Crippen LogP) is 4.52. The summed E-state index contributed by atoms with van der Waals surface area (Å²) in [6.07, 6.45) is 10.6. The number of allylic oxidation sites excluding steroid dienone is 2. The van der Waals surface area contributed by atoms with Gasteiger partial charge in [-0.25, -0.2) is 0 Å². The maximum Gasteiger partial charge on any atom is 0.0330 e. The van der Waals surface area contributed by atoms with Gasteiger partial charge >= 0.3 is 0 Å². The second-order valence-corrected chi connectivity index (χ2v) is 6.49. The molecule has 0 saturated carbocycles. The highest BCUT2D eigenvalue weighted by Gasteiger charge is 2.00. The van der Waals surface area contributed by atoms with Gasteiger partial charge in [0.2, 0.25) is 0 Å². The summed E-state index contributed by atoms with van der Waals surface area (Å²) in [6, 6.07) is 6.72. The molecule has 0 bridgehead atoms. The topological polar surface area (TPSA) is 50.4 Å². The first-order valence-electron chi connectivity index (χ1n) is 9.45. The molecule has 0 aliphatic carbocycles. The van der Waals surface area contributed by atoms with Crippen molar-refractivity contribution in [2.45, 2.75) is 52.4 Å². The lowest BCUT2D eigenvalue weighted by Crippen LogP contribution is -2.18. The van der Waals surface area contributed by atoms with Gasteiger partial charge in [0.1, 0.15) is 0 Å². The van der Waals surface area contributed by atoms with Crippen molar-refractivity contribution in [1.82, 2.24) is 5.32 Å². The Morgan fingerprint density at radius 1 is 1.24 bits per heavy atom. The zero-order valence-corrected chi connectivity index (χ0v) is 16.3. The van der Waals surface area contributed by atoms with E-state index in [1.54, 1.807) is 7.05 Å². The molecule has 1 aromatic carbocycles. The van der Waals surface area contributed by atoms with Crippen LogP contribution in [0.4, 0.5) is 0 Å². The van der Waals surface area contributed by atoms with Crippen molar-refractivity contribution in [2.24, 2.45) is 10.7 Å². The molecule has 0 aromatic heterocycles. The smallest absolute Gasteiger partial charge is 0.0330 e. The number of nitrogens with zero attached hydrogens (tertiary/aromatic N) is 1. The predicted molar refractivity (Wildman–Crippen MR) is 112 cm³/mol. The minimum absolute atomic E-state index is 0.936. The van der Waals surface area contributed by atoms with Gasteiger partial charge in [0, 0.05) is 18.5 Å². The minimum atomic E-state index is 0.936. The quantitative estimate of drug-likeness (QED) is 0.434. The molecule has 0 atom stereocenters. The molecule has 25 heavy (non-hydrogen) atoms. The molecule has 0 saturated heterocycles. The Kier molecular flexibility index (Phi) is 10.6. The Morgan fingerprint density at radius 3 is 2.72 bits per heavy atom. The molecule has 0 amide bonds. The molecule has 1 rings (SSSR count). The first kappa shape index (κ1) is 21.2. The molecule has 0 spiro atoms. The van der Waals surface area contributed by atoms with Crippen molar-refractivity contribution < 1.29 is 0 Å². The number of aryl methyl sites for hydroxylation is 1. The van der Waals surface area contributed by atoms with Crippen molar-refractivity contribution in [3.05, 3.63) is 53.2 Å². The minimum Gasteiger partial charge on any atom is -0.402 e. The van der Waals surface area contributed by atoms with E-state index in [1.807, 2.05) is 19.1 Å². The van der Waals surface area contributed by atoms with E-state index in [4.69, 9.17) is 5.73 Å². The number of hydrogen-bond acceptors (Lipinski definition) is 3. The number of aliphatic imine (C=N–C) groups is 1. The number of rotatable bonds is 12. The van der Waals surface area contributed by atoms with Crippen LogP contribution in [0.1, 0.15) is 56.2 Å². The van der Waals surface area contributed by atoms with Gasteiger partial charge in [-0.1, -0.05) is 44.2 Å². The van der Waals surface area contributed by atoms with E-state index in [2.05, 4.69) is 42.0 Å². The van der Waals surface area contributed by atoms with Crippen LogP contribution in [0, 0.1) is 0 Å². The molecule has 138 valence electrons. The molecule has 1 aromatic rings. The Labute approximate surface area is 154 Å². The summed E-state index contributed by atoms with van der Waals surface area (Å²) >= 11 is 0. The highest BCUT2D eigenvalue weighted by molar-refractivity contribution is 5.93. The van der Waals surface area contributed by atoms with Crippen molar-refractivity contribution in [2.75, 3.05) is 20.1 Å². The summed E-state index contributed by atoms with van der Waals surface area (Å²) in [7, 11) is 1.79. The number of hydrogen-bond donors (Lipinski definition) is 2. The van der Waals surface area contributed by atoms with E-state index in [9.17, 15) is 0 Å². The van der Waals surface area contributed by atoms with Crippen LogP contribution < -0.4 is 11.1 Å². The van der Waals surface area contributed by atoms with Gasteiger partial charge in [0.15, 0.2) is 0 Å². The molecule has 0 fully saturated rings. The molecule has 0 aliphatic heterocycles. The summed E-state index contributed by atoms with van der Waals surface area (Å²) < 4.78 is 0. The van der Waals surface area contributed by atoms with Crippen LogP contribution in [-0.4, -0.2) is 25.8 Å². The lowest BCUT2D eigenvalue weighted by Gasteiger charge is -2.09. The molecule has 0 aliphatic rings. The van der Waals surface area contributed by atoms with Crippen LogP contribution >= 0.6 is 0 Å². The molecule has 3 nitrogen and oxygen atoms in total. The van der Waals surface area contributed by atoms with Gasteiger partial charge in [0.05, 0.1) is 0 Å². The SMILES string of the molecule is C=Cc1ccc(CCNCCCCCC(N)=CC(C)=NC)cc1CC. The Hall–Kier alpha value is -1.87.